The minimum absolute atomic E-state index is 0.154. The number of anilines is 1. The van der Waals surface area contributed by atoms with Gasteiger partial charge in [0.15, 0.2) is 0 Å². The Morgan fingerprint density at radius 1 is 1.62 bits per heavy atom. The number of rotatable bonds is 5. The van der Waals surface area contributed by atoms with Crippen molar-refractivity contribution in [3.8, 4) is 0 Å². The molecule has 1 rings (SSSR count). The van der Waals surface area contributed by atoms with Crippen molar-refractivity contribution in [3.63, 3.8) is 0 Å². The highest BCUT2D eigenvalue weighted by atomic mass is 19.1. The molecule has 0 bridgehead atoms. The molecule has 16 heavy (non-hydrogen) atoms. The first-order chi connectivity index (χ1) is 7.50. The Kier molecular flexibility index (Phi) is 4.19. The van der Waals surface area contributed by atoms with Gasteiger partial charge in [-0.15, -0.1) is 0 Å². The number of nitrogens with zero attached hydrogens (tertiary/aromatic N) is 2. The van der Waals surface area contributed by atoms with Crippen molar-refractivity contribution in [1.82, 2.24) is 9.88 Å². The normalized spacial score (nSPS) is 10.5. The maximum atomic E-state index is 12.8. The van der Waals surface area contributed by atoms with Crippen LogP contribution in [0.4, 0.5) is 10.2 Å². The van der Waals surface area contributed by atoms with Crippen LogP contribution < -0.4 is 5.32 Å². The number of likely N-dealkylation sites (N-methyl/N-ethyl adjacent to an activating group) is 1. The van der Waals surface area contributed by atoms with Gasteiger partial charge in [-0.3, -0.25) is 0 Å². The molecule has 1 aromatic heterocycles. The van der Waals surface area contributed by atoms with Crippen LogP contribution in [0, 0.1) is 5.82 Å². The minimum Gasteiger partial charge on any atom is -0.478 e. The average Bonchev–Trinajstić information content (AvgIpc) is 2.19. The smallest absolute Gasteiger partial charge is 0.339 e. The van der Waals surface area contributed by atoms with E-state index in [1.807, 2.05) is 19.0 Å². The maximum absolute atomic E-state index is 12.8. The first-order valence-corrected chi connectivity index (χ1v) is 4.78. The molecule has 0 aliphatic rings. The fourth-order valence-electron chi connectivity index (χ4n) is 1.14. The maximum Gasteiger partial charge on any atom is 0.339 e. The summed E-state index contributed by atoms with van der Waals surface area (Å²) < 4.78 is 12.8. The SMILES string of the molecule is CN(C)CCNc1ncc(F)cc1C(=O)O. The van der Waals surface area contributed by atoms with E-state index in [0.29, 0.717) is 6.54 Å². The second kappa shape index (κ2) is 5.41. The summed E-state index contributed by atoms with van der Waals surface area (Å²) in [5.74, 6) is -1.66. The average molecular weight is 227 g/mol. The fraction of sp³-hybridized carbons (Fsp3) is 0.400. The topological polar surface area (TPSA) is 65.5 Å². The van der Waals surface area contributed by atoms with E-state index in [1.165, 1.54) is 0 Å². The lowest BCUT2D eigenvalue weighted by Gasteiger charge is -2.12. The molecular weight excluding hydrogens is 213 g/mol. The van der Waals surface area contributed by atoms with Gasteiger partial charge in [0.05, 0.1) is 6.20 Å². The molecule has 0 spiro atoms. The highest BCUT2D eigenvalue weighted by Crippen LogP contribution is 2.13. The molecule has 0 fully saturated rings. The molecule has 0 aromatic carbocycles. The largest absolute Gasteiger partial charge is 0.478 e. The number of nitrogens with one attached hydrogen (secondary N) is 1. The summed E-state index contributed by atoms with van der Waals surface area (Å²) in [6, 6.07) is 0.952. The zero-order chi connectivity index (χ0) is 12.1. The highest BCUT2D eigenvalue weighted by molar-refractivity contribution is 5.93. The molecule has 0 saturated carbocycles. The van der Waals surface area contributed by atoms with Crippen LogP contribution in [0.1, 0.15) is 10.4 Å². The number of pyridine rings is 1. The minimum atomic E-state index is -1.20. The Labute approximate surface area is 92.9 Å². The van der Waals surface area contributed by atoms with E-state index in [2.05, 4.69) is 10.3 Å². The van der Waals surface area contributed by atoms with Crippen LogP contribution in [-0.2, 0) is 0 Å². The van der Waals surface area contributed by atoms with Crippen molar-refractivity contribution in [2.24, 2.45) is 0 Å². The van der Waals surface area contributed by atoms with Crippen LogP contribution >= 0.6 is 0 Å². The second-order valence-corrected chi connectivity index (χ2v) is 3.58. The molecule has 0 saturated heterocycles. The first-order valence-electron chi connectivity index (χ1n) is 4.78. The molecule has 0 aliphatic heterocycles. The second-order valence-electron chi connectivity index (χ2n) is 3.58. The number of carboxylic acid groups (broad SMARTS) is 1. The summed E-state index contributed by atoms with van der Waals surface area (Å²) in [4.78, 5) is 16.5. The van der Waals surface area contributed by atoms with Gasteiger partial charge in [0, 0.05) is 13.1 Å². The van der Waals surface area contributed by atoms with E-state index < -0.39 is 11.8 Å². The quantitative estimate of drug-likeness (QED) is 0.782. The van der Waals surface area contributed by atoms with E-state index >= 15 is 0 Å². The van der Waals surface area contributed by atoms with Crippen LogP contribution in [0.15, 0.2) is 12.3 Å². The van der Waals surface area contributed by atoms with E-state index in [9.17, 15) is 9.18 Å². The molecule has 0 radical (unpaired) electrons. The van der Waals surface area contributed by atoms with Gasteiger partial charge in [-0.1, -0.05) is 0 Å². The zero-order valence-corrected chi connectivity index (χ0v) is 9.20. The van der Waals surface area contributed by atoms with Gasteiger partial charge in [0.2, 0.25) is 0 Å². The van der Waals surface area contributed by atoms with E-state index in [4.69, 9.17) is 5.11 Å². The third-order valence-electron chi connectivity index (χ3n) is 1.94. The highest BCUT2D eigenvalue weighted by Gasteiger charge is 2.12. The summed E-state index contributed by atoms with van der Waals surface area (Å²) in [6.45, 7) is 1.28. The lowest BCUT2D eigenvalue weighted by atomic mass is 10.2. The van der Waals surface area contributed by atoms with Crippen molar-refractivity contribution in [1.29, 1.82) is 0 Å². The molecular formula is C10H14FN3O2. The number of halogens is 1. The van der Waals surface area contributed by atoms with Gasteiger partial charge >= 0.3 is 5.97 Å². The molecule has 5 nitrogen and oxygen atoms in total. The number of hydrogen-bond acceptors (Lipinski definition) is 4. The van der Waals surface area contributed by atoms with Crippen molar-refractivity contribution in [2.45, 2.75) is 0 Å². The number of carboxylic acids is 1. The van der Waals surface area contributed by atoms with Crippen molar-refractivity contribution >= 4 is 11.8 Å². The summed E-state index contributed by atoms with van der Waals surface area (Å²) in [5.41, 5.74) is -0.154. The number of carbonyl (C=O) groups is 1. The summed E-state index contributed by atoms with van der Waals surface area (Å²) in [6.07, 6.45) is 0.991. The molecule has 0 unspecified atom stereocenters. The number of hydrogen-bond donors (Lipinski definition) is 2. The van der Waals surface area contributed by atoms with E-state index in [0.717, 1.165) is 18.8 Å². The number of aromatic carboxylic acids is 1. The van der Waals surface area contributed by atoms with Gasteiger partial charge in [0.1, 0.15) is 17.2 Å². The Hall–Kier alpha value is -1.69. The Balaban J connectivity index is 2.75. The third-order valence-corrected chi connectivity index (χ3v) is 1.94. The van der Waals surface area contributed by atoms with Gasteiger partial charge in [0.25, 0.3) is 0 Å². The van der Waals surface area contributed by atoms with Crippen molar-refractivity contribution in [3.05, 3.63) is 23.6 Å². The molecule has 0 aliphatic carbocycles. The fourth-order valence-corrected chi connectivity index (χ4v) is 1.14. The zero-order valence-electron chi connectivity index (χ0n) is 9.20. The van der Waals surface area contributed by atoms with Crippen molar-refractivity contribution in [2.75, 3.05) is 32.5 Å². The van der Waals surface area contributed by atoms with Gasteiger partial charge in [-0.05, 0) is 20.2 Å². The van der Waals surface area contributed by atoms with Crippen LogP contribution in [0.3, 0.4) is 0 Å². The summed E-state index contributed by atoms with van der Waals surface area (Å²) >= 11 is 0. The Morgan fingerprint density at radius 3 is 2.88 bits per heavy atom. The van der Waals surface area contributed by atoms with Gasteiger partial charge in [-0.25, -0.2) is 14.2 Å². The van der Waals surface area contributed by atoms with Gasteiger partial charge in [-0.2, -0.15) is 0 Å². The van der Waals surface area contributed by atoms with E-state index in [1.54, 1.807) is 0 Å². The standard InChI is InChI=1S/C10H14FN3O2/c1-14(2)4-3-12-9-8(10(15)16)5-7(11)6-13-9/h5-6H,3-4H2,1-2H3,(H,12,13)(H,15,16). The van der Waals surface area contributed by atoms with Gasteiger partial charge < -0.3 is 15.3 Å². The lowest BCUT2D eigenvalue weighted by molar-refractivity contribution is 0.0697. The van der Waals surface area contributed by atoms with E-state index in [-0.39, 0.29) is 11.4 Å². The Bertz CT molecular complexity index is 382. The van der Waals surface area contributed by atoms with Crippen LogP contribution in [0.25, 0.3) is 0 Å². The predicted octanol–water partition coefficient (Wildman–Crippen LogP) is 0.892. The molecule has 2 N–H and O–H groups in total. The van der Waals surface area contributed by atoms with Crippen LogP contribution in [-0.4, -0.2) is 48.1 Å². The molecule has 0 amide bonds. The monoisotopic (exact) mass is 227 g/mol. The molecule has 88 valence electrons. The van der Waals surface area contributed by atoms with Crippen molar-refractivity contribution < 1.29 is 14.3 Å². The first kappa shape index (κ1) is 12.4. The van der Waals surface area contributed by atoms with Crippen LogP contribution in [0.5, 0.6) is 0 Å². The lowest BCUT2D eigenvalue weighted by Crippen LogP contribution is -2.22. The van der Waals surface area contributed by atoms with Crippen LogP contribution in [0.2, 0.25) is 0 Å². The molecule has 6 heteroatoms. The molecule has 1 aromatic rings. The number of aromatic nitrogens is 1. The molecule has 0 atom stereocenters. The summed E-state index contributed by atoms with van der Waals surface area (Å²) in [7, 11) is 3.80. The Morgan fingerprint density at radius 2 is 2.31 bits per heavy atom. The molecule has 1 heterocycles. The predicted molar refractivity (Wildman–Crippen MR) is 58.2 cm³/mol. The third kappa shape index (κ3) is 3.47. The summed E-state index contributed by atoms with van der Waals surface area (Å²) in [5, 5.41) is 11.7.